The minimum absolute atomic E-state index is 0.185. The summed E-state index contributed by atoms with van der Waals surface area (Å²) in [7, 11) is 1.54. The largest absolute Gasteiger partial charge is 0.457 e. The van der Waals surface area contributed by atoms with Crippen LogP contribution >= 0.6 is 0 Å². The van der Waals surface area contributed by atoms with Crippen LogP contribution in [-0.4, -0.2) is 19.6 Å². The van der Waals surface area contributed by atoms with Gasteiger partial charge < -0.3 is 10.1 Å². The summed E-state index contributed by atoms with van der Waals surface area (Å²) in [5.74, 6) is -1.05. The molecule has 0 amide bonds. The van der Waals surface area contributed by atoms with Crippen molar-refractivity contribution in [2.75, 3.05) is 19.0 Å². The van der Waals surface area contributed by atoms with Gasteiger partial charge in [0.25, 0.3) is 0 Å². The van der Waals surface area contributed by atoms with Crippen LogP contribution in [-0.2, 0) is 10.9 Å². The fourth-order valence-electron chi connectivity index (χ4n) is 1.67. The minimum atomic E-state index is -4.64. The number of carbonyl (C=O) groups is 1. The van der Waals surface area contributed by atoms with E-state index >= 15 is 0 Å². The third-order valence-electron chi connectivity index (χ3n) is 2.80. The van der Waals surface area contributed by atoms with Gasteiger partial charge in [-0.1, -0.05) is 31.4 Å². The second kappa shape index (κ2) is 7.49. The second-order valence-electron chi connectivity index (χ2n) is 4.27. The summed E-state index contributed by atoms with van der Waals surface area (Å²) in [6, 6.07) is 3.19. The van der Waals surface area contributed by atoms with Gasteiger partial charge in [0.15, 0.2) is 0 Å². The third-order valence-corrected chi connectivity index (χ3v) is 2.80. The summed E-state index contributed by atoms with van der Waals surface area (Å²) in [6.07, 6.45) is -0.189. The lowest BCUT2D eigenvalue weighted by atomic mass is 10.1. The number of benzene rings is 1. The van der Waals surface area contributed by atoms with Crippen LogP contribution in [0.1, 0.15) is 15.9 Å². The van der Waals surface area contributed by atoms with Crippen molar-refractivity contribution in [1.29, 1.82) is 0 Å². The number of rotatable bonds is 6. The maximum absolute atomic E-state index is 13.0. The predicted molar refractivity (Wildman–Crippen MR) is 79.8 cm³/mol. The van der Waals surface area contributed by atoms with Gasteiger partial charge in [0.1, 0.15) is 6.61 Å². The zero-order valence-corrected chi connectivity index (χ0v) is 12.0. The molecule has 118 valence electrons. The van der Waals surface area contributed by atoms with Crippen LogP contribution in [0, 0.1) is 0 Å². The number of esters is 1. The molecule has 0 bridgehead atoms. The summed E-state index contributed by atoms with van der Waals surface area (Å²) in [5, 5.41) is 2.68. The Morgan fingerprint density at radius 1 is 1.36 bits per heavy atom. The van der Waals surface area contributed by atoms with E-state index in [0.717, 1.165) is 12.1 Å². The van der Waals surface area contributed by atoms with E-state index in [4.69, 9.17) is 4.74 Å². The SMILES string of the molecule is C=C/C=C(\C=C)COC(=O)c1cc(NC)ccc1C(F)(F)F. The Morgan fingerprint density at radius 2 is 2.05 bits per heavy atom. The van der Waals surface area contributed by atoms with Gasteiger partial charge in [-0.25, -0.2) is 4.79 Å². The lowest BCUT2D eigenvalue weighted by Crippen LogP contribution is -2.16. The van der Waals surface area contributed by atoms with E-state index in [1.165, 1.54) is 18.2 Å². The number of carbonyl (C=O) groups excluding carboxylic acids is 1. The zero-order valence-electron chi connectivity index (χ0n) is 12.0. The first-order valence-electron chi connectivity index (χ1n) is 6.33. The summed E-state index contributed by atoms with van der Waals surface area (Å²) in [5.41, 5.74) is -0.669. The van der Waals surface area contributed by atoms with Crippen LogP contribution in [0.15, 0.2) is 55.2 Å². The van der Waals surface area contributed by atoms with Gasteiger partial charge >= 0.3 is 12.1 Å². The number of anilines is 1. The average molecular weight is 311 g/mol. The van der Waals surface area contributed by atoms with E-state index in [1.54, 1.807) is 13.1 Å². The Hall–Kier alpha value is -2.50. The maximum Gasteiger partial charge on any atom is 0.417 e. The summed E-state index contributed by atoms with van der Waals surface area (Å²) in [6.45, 7) is 6.81. The van der Waals surface area contributed by atoms with Gasteiger partial charge in [-0.3, -0.25) is 0 Å². The zero-order chi connectivity index (χ0) is 16.8. The minimum Gasteiger partial charge on any atom is -0.457 e. The topological polar surface area (TPSA) is 38.3 Å². The molecule has 1 aromatic rings. The van der Waals surface area contributed by atoms with E-state index in [2.05, 4.69) is 18.5 Å². The molecule has 0 aliphatic carbocycles. The fourth-order valence-corrected chi connectivity index (χ4v) is 1.67. The van der Waals surface area contributed by atoms with Gasteiger partial charge in [-0.15, -0.1) is 0 Å². The molecule has 0 fully saturated rings. The Kier molecular flexibility index (Phi) is 5.98. The van der Waals surface area contributed by atoms with Crippen molar-refractivity contribution in [2.24, 2.45) is 0 Å². The quantitative estimate of drug-likeness (QED) is 0.632. The van der Waals surface area contributed by atoms with E-state index in [0.29, 0.717) is 11.3 Å². The summed E-state index contributed by atoms with van der Waals surface area (Å²) >= 11 is 0. The van der Waals surface area contributed by atoms with E-state index in [9.17, 15) is 18.0 Å². The molecule has 6 heteroatoms. The molecular weight excluding hydrogens is 295 g/mol. The number of ether oxygens (including phenoxy) is 1. The van der Waals surface area contributed by atoms with Crippen LogP contribution in [0.25, 0.3) is 0 Å². The molecule has 0 unspecified atom stereocenters. The van der Waals surface area contributed by atoms with Crippen molar-refractivity contribution in [3.63, 3.8) is 0 Å². The van der Waals surface area contributed by atoms with Crippen LogP contribution < -0.4 is 5.32 Å². The number of hydrogen-bond donors (Lipinski definition) is 1. The van der Waals surface area contributed by atoms with Crippen molar-refractivity contribution in [3.05, 3.63) is 66.3 Å². The second-order valence-corrected chi connectivity index (χ2v) is 4.27. The molecule has 22 heavy (non-hydrogen) atoms. The molecule has 1 rings (SSSR count). The van der Waals surface area contributed by atoms with Crippen LogP contribution in [0.5, 0.6) is 0 Å². The van der Waals surface area contributed by atoms with Crippen molar-refractivity contribution in [1.82, 2.24) is 0 Å². The number of allylic oxidation sites excluding steroid dienone is 2. The first-order valence-corrected chi connectivity index (χ1v) is 6.33. The lowest BCUT2D eigenvalue weighted by Gasteiger charge is -2.14. The van der Waals surface area contributed by atoms with Gasteiger partial charge in [-0.05, 0) is 23.8 Å². The van der Waals surface area contributed by atoms with Crippen molar-refractivity contribution >= 4 is 11.7 Å². The molecule has 3 nitrogen and oxygen atoms in total. The fraction of sp³-hybridized carbons (Fsp3) is 0.188. The number of nitrogens with one attached hydrogen (secondary N) is 1. The van der Waals surface area contributed by atoms with Gasteiger partial charge in [0, 0.05) is 12.7 Å². The molecule has 0 aromatic heterocycles. The molecule has 0 aliphatic rings. The van der Waals surface area contributed by atoms with Crippen LogP contribution in [0.4, 0.5) is 18.9 Å². The molecule has 0 spiro atoms. The summed E-state index contributed by atoms with van der Waals surface area (Å²) < 4.78 is 43.8. The van der Waals surface area contributed by atoms with Crippen molar-refractivity contribution in [2.45, 2.75) is 6.18 Å². The van der Waals surface area contributed by atoms with E-state index < -0.39 is 23.3 Å². The van der Waals surface area contributed by atoms with Crippen LogP contribution in [0.3, 0.4) is 0 Å². The smallest absolute Gasteiger partial charge is 0.417 e. The normalized spacial score (nSPS) is 11.7. The highest BCUT2D eigenvalue weighted by Gasteiger charge is 2.35. The molecule has 0 atom stereocenters. The Bertz CT molecular complexity index is 604. The maximum atomic E-state index is 13.0. The Balaban J connectivity index is 3.07. The third kappa shape index (κ3) is 4.51. The number of halogens is 3. The highest BCUT2D eigenvalue weighted by molar-refractivity contribution is 5.92. The average Bonchev–Trinajstić information content (AvgIpc) is 2.49. The van der Waals surface area contributed by atoms with E-state index in [1.807, 2.05) is 0 Å². The van der Waals surface area contributed by atoms with Crippen molar-refractivity contribution in [3.8, 4) is 0 Å². The summed E-state index contributed by atoms with van der Waals surface area (Å²) in [4.78, 5) is 12.0. The Morgan fingerprint density at radius 3 is 2.55 bits per heavy atom. The first kappa shape index (κ1) is 17.6. The van der Waals surface area contributed by atoms with Crippen molar-refractivity contribution < 1.29 is 22.7 Å². The molecule has 0 heterocycles. The number of hydrogen-bond acceptors (Lipinski definition) is 3. The van der Waals surface area contributed by atoms with E-state index in [-0.39, 0.29) is 6.61 Å². The molecule has 0 radical (unpaired) electrons. The van der Waals surface area contributed by atoms with Crippen LogP contribution in [0.2, 0.25) is 0 Å². The number of alkyl halides is 3. The van der Waals surface area contributed by atoms with Gasteiger partial charge in [0.2, 0.25) is 0 Å². The highest BCUT2D eigenvalue weighted by atomic mass is 19.4. The molecule has 1 N–H and O–H groups in total. The molecule has 0 saturated carbocycles. The monoisotopic (exact) mass is 311 g/mol. The molecule has 0 saturated heterocycles. The predicted octanol–water partition coefficient (Wildman–Crippen LogP) is 4.20. The van der Waals surface area contributed by atoms with Gasteiger partial charge in [-0.2, -0.15) is 13.2 Å². The lowest BCUT2D eigenvalue weighted by molar-refractivity contribution is -0.138. The highest BCUT2D eigenvalue weighted by Crippen LogP contribution is 2.33. The van der Waals surface area contributed by atoms with Gasteiger partial charge in [0.05, 0.1) is 11.1 Å². The Labute approximate surface area is 126 Å². The molecular formula is C16H16F3NO2. The first-order chi connectivity index (χ1) is 10.3. The molecule has 1 aromatic carbocycles. The molecule has 0 aliphatic heterocycles. The standard InChI is InChI=1S/C16H16F3NO2/c1-4-6-11(5-2)10-22-15(21)13-9-12(20-3)7-8-14(13)16(17,18)19/h4-9,20H,1-2,10H2,3H3/b11-6+.